The third-order valence-corrected chi connectivity index (χ3v) is 2.05. The Morgan fingerprint density at radius 3 is 2.71 bits per heavy atom. The SMILES string of the molecule is [2H]C([2H])(CN(C)Cc1ccccc1)OC(=O)OCC. The van der Waals surface area contributed by atoms with E-state index < -0.39 is 12.7 Å². The fourth-order valence-corrected chi connectivity index (χ4v) is 1.30. The van der Waals surface area contributed by atoms with Crippen LogP contribution in [0, 0.1) is 0 Å². The van der Waals surface area contributed by atoms with Gasteiger partial charge >= 0.3 is 6.16 Å². The third-order valence-electron chi connectivity index (χ3n) is 2.05. The van der Waals surface area contributed by atoms with Crippen LogP contribution in [0.5, 0.6) is 0 Å². The standard InChI is InChI=1S/C13H19NO3/c1-3-16-13(15)17-10-9-14(2)11-12-7-5-4-6-8-12/h4-8H,3,9-11H2,1-2H3/i10D2. The van der Waals surface area contributed by atoms with Crippen LogP contribution in [0.1, 0.15) is 15.2 Å². The molecule has 0 saturated heterocycles. The van der Waals surface area contributed by atoms with E-state index in [9.17, 15) is 4.79 Å². The normalized spacial score (nSPS) is 12.9. The first-order chi connectivity index (χ1) is 8.93. The van der Waals surface area contributed by atoms with Gasteiger partial charge < -0.3 is 9.47 Å². The first-order valence-electron chi connectivity index (χ1n) is 6.51. The number of carbonyl (C=O) groups is 1. The molecule has 1 rings (SSSR count). The smallest absolute Gasteiger partial charge is 0.435 e. The summed E-state index contributed by atoms with van der Waals surface area (Å²) in [7, 11) is 1.76. The summed E-state index contributed by atoms with van der Waals surface area (Å²) in [6.07, 6.45) is -0.986. The Kier molecular flexibility index (Phi) is 4.79. The Morgan fingerprint density at radius 1 is 1.35 bits per heavy atom. The summed E-state index contributed by atoms with van der Waals surface area (Å²) in [6, 6.07) is 9.68. The first kappa shape index (κ1) is 10.6. The molecule has 0 aliphatic heterocycles. The number of nitrogens with zero attached hydrogens (tertiary/aromatic N) is 1. The van der Waals surface area contributed by atoms with Gasteiger partial charge in [0.2, 0.25) is 0 Å². The lowest BCUT2D eigenvalue weighted by Gasteiger charge is -2.16. The molecule has 0 amide bonds. The zero-order valence-electron chi connectivity index (χ0n) is 12.2. The fraction of sp³-hybridized carbons (Fsp3) is 0.462. The number of benzene rings is 1. The molecule has 0 bridgehead atoms. The Morgan fingerprint density at radius 2 is 2.06 bits per heavy atom. The highest BCUT2D eigenvalue weighted by Crippen LogP contribution is 2.02. The number of likely N-dealkylation sites (N-methyl/N-ethyl adjacent to an activating group) is 1. The van der Waals surface area contributed by atoms with Crippen molar-refractivity contribution in [3.8, 4) is 0 Å². The summed E-state index contributed by atoms with van der Waals surface area (Å²) in [5, 5.41) is 0. The van der Waals surface area contributed by atoms with Gasteiger partial charge in [0.25, 0.3) is 0 Å². The zero-order chi connectivity index (χ0) is 14.3. The van der Waals surface area contributed by atoms with Gasteiger partial charge in [-0.2, -0.15) is 0 Å². The molecule has 4 nitrogen and oxygen atoms in total. The summed E-state index contributed by atoms with van der Waals surface area (Å²) in [6.45, 7) is 0.274. The highest BCUT2D eigenvalue weighted by molar-refractivity contribution is 5.59. The van der Waals surface area contributed by atoms with E-state index in [-0.39, 0.29) is 13.2 Å². The van der Waals surface area contributed by atoms with Crippen molar-refractivity contribution in [1.29, 1.82) is 0 Å². The summed E-state index contributed by atoms with van der Waals surface area (Å²) in [4.78, 5) is 12.8. The molecule has 0 radical (unpaired) electrons. The molecule has 0 N–H and O–H groups in total. The van der Waals surface area contributed by atoms with Gasteiger partial charge in [-0.15, -0.1) is 0 Å². The zero-order valence-corrected chi connectivity index (χ0v) is 10.2. The van der Waals surface area contributed by atoms with Crippen LogP contribution in [0.4, 0.5) is 4.79 Å². The largest absolute Gasteiger partial charge is 0.508 e. The Labute approximate surface area is 105 Å². The molecule has 4 heteroatoms. The van der Waals surface area contributed by atoms with Crippen molar-refractivity contribution in [3.63, 3.8) is 0 Å². The Hall–Kier alpha value is -1.55. The maximum absolute atomic E-state index is 11.1. The van der Waals surface area contributed by atoms with E-state index in [0.29, 0.717) is 6.54 Å². The van der Waals surface area contributed by atoms with Gasteiger partial charge in [0.15, 0.2) is 0 Å². The highest BCUT2D eigenvalue weighted by Gasteiger charge is 2.04. The van der Waals surface area contributed by atoms with Gasteiger partial charge in [0, 0.05) is 13.1 Å². The number of hydrogen-bond acceptors (Lipinski definition) is 4. The molecular weight excluding hydrogens is 218 g/mol. The van der Waals surface area contributed by atoms with Crippen molar-refractivity contribution < 1.29 is 17.0 Å². The molecule has 0 aliphatic rings. The molecule has 0 unspecified atom stereocenters. The molecule has 0 aromatic heterocycles. The maximum Gasteiger partial charge on any atom is 0.508 e. The molecule has 17 heavy (non-hydrogen) atoms. The van der Waals surface area contributed by atoms with Gasteiger partial charge in [-0.1, -0.05) is 30.3 Å². The fourth-order valence-electron chi connectivity index (χ4n) is 1.30. The van der Waals surface area contributed by atoms with E-state index >= 15 is 0 Å². The van der Waals surface area contributed by atoms with Gasteiger partial charge in [-0.3, -0.25) is 4.90 Å². The summed E-state index contributed by atoms with van der Waals surface area (Å²) >= 11 is 0. The average molecular weight is 239 g/mol. The monoisotopic (exact) mass is 239 g/mol. The minimum Gasteiger partial charge on any atom is -0.435 e. The van der Waals surface area contributed by atoms with Crippen molar-refractivity contribution in [2.75, 3.05) is 26.8 Å². The molecule has 0 heterocycles. The molecule has 1 aromatic carbocycles. The molecular formula is C13H19NO3. The van der Waals surface area contributed by atoms with Crippen LogP contribution in [0.3, 0.4) is 0 Å². The van der Waals surface area contributed by atoms with E-state index in [1.54, 1.807) is 18.9 Å². The Balaban J connectivity index is 2.46. The lowest BCUT2D eigenvalue weighted by atomic mass is 10.2. The summed E-state index contributed by atoms with van der Waals surface area (Å²) in [5.74, 6) is 0. The van der Waals surface area contributed by atoms with Crippen LogP contribution in [0.25, 0.3) is 0 Å². The first-order valence-corrected chi connectivity index (χ1v) is 5.51. The number of hydrogen-bond donors (Lipinski definition) is 0. The minimum atomic E-state index is -2.07. The molecule has 0 fully saturated rings. The predicted octanol–water partition coefficient (Wildman–Crippen LogP) is 2.29. The van der Waals surface area contributed by atoms with Crippen LogP contribution in [-0.4, -0.2) is 37.8 Å². The molecule has 1 aromatic rings. The molecule has 94 valence electrons. The van der Waals surface area contributed by atoms with Crippen molar-refractivity contribution >= 4 is 6.16 Å². The van der Waals surface area contributed by atoms with Gasteiger partial charge in [-0.05, 0) is 19.5 Å². The molecule has 0 spiro atoms. The maximum atomic E-state index is 11.1. The van der Waals surface area contributed by atoms with Crippen LogP contribution in [0.15, 0.2) is 30.3 Å². The van der Waals surface area contributed by atoms with Gasteiger partial charge in [-0.25, -0.2) is 4.79 Å². The topological polar surface area (TPSA) is 38.8 Å². The van der Waals surface area contributed by atoms with Crippen LogP contribution >= 0.6 is 0 Å². The van der Waals surface area contributed by atoms with Crippen molar-refractivity contribution in [1.82, 2.24) is 4.90 Å². The summed E-state index contributed by atoms with van der Waals surface area (Å²) < 4.78 is 24.4. The van der Waals surface area contributed by atoms with Crippen molar-refractivity contribution in [2.45, 2.75) is 13.5 Å². The molecule has 0 atom stereocenters. The van der Waals surface area contributed by atoms with Crippen LogP contribution in [0.2, 0.25) is 0 Å². The lowest BCUT2D eigenvalue weighted by molar-refractivity contribution is 0.0529. The second-order valence-corrected chi connectivity index (χ2v) is 3.59. The summed E-state index contributed by atoms with van der Waals surface area (Å²) in [5.41, 5.74) is 1.07. The highest BCUT2D eigenvalue weighted by atomic mass is 16.7. The average Bonchev–Trinajstić information content (AvgIpc) is 2.28. The molecule has 0 aliphatic carbocycles. The van der Waals surface area contributed by atoms with E-state index in [0.717, 1.165) is 5.56 Å². The van der Waals surface area contributed by atoms with E-state index in [1.807, 2.05) is 30.3 Å². The second-order valence-electron chi connectivity index (χ2n) is 3.59. The van der Waals surface area contributed by atoms with E-state index in [4.69, 9.17) is 2.74 Å². The van der Waals surface area contributed by atoms with Gasteiger partial charge in [0.05, 0.1) is 9.35 Å². The van der Waals surface area contributed by atoms with Crippen molar-refractivity contribution in [2.24, 2.45) is 0 Å². The van der Waals surface area contributed by atoms with Crippen molar-refractivity contribution in [3.05, 3.63) is 35.9 Å². The number of carbonyl (C=O) groups excluding carboxylic acids is 1. The second kappa shape index (κ2) is 7.68. The van der Waals surface area contributed by atoms with Gasteiger partial charge in [0.1, 0.15) is 6.56 Å². The quantitative estimate of drug-likeness (QED) is 0.714. The molecule has 0 saturated carbocycles. The van der Waals surface area contributed by atoms with Crippen LogP contribution < -0.4 is 0 Å². The number of rotatable bonds is 6. The Bertz CT molecular complexity index is 398. The predicted molar refractivity (Wildman–Crippen MR) is 65.8 cm³/mol. The minimum absolute atomic E-state index is 0.0271. The third kappa shape index (κ3) is 5.92. The number of ether oxygens (including phenoxy) is 2. The van der Waals surface area contributed by atoms with Crippen LogP contribution in [-0.2, 0) is 16.0 Å². The lowest BCUT2D eigenvalue weighted by Crippen LogP contribution is -2.24. The van der Waals surface area contributed by atoms with E-state index in [1.165, 1.54) is 0 Å². The van der Waals surface area contributed by atoms with E-state index in [2.05, 4.69) is 9.47 Å².